The highest BCUT2D eigenvalue weighted by Gasteiger charge is 2.05. The Balaban J connectivity index is 1.96. The summed E-state index contributed by atoms with van der Waals surface area (Å²) in [5.74, 6) is 0. The lowest BCUT2D eigenvalue weighted by Crippen LogP contribution is -2.25. The number of anilines is 1. The summed E-state index contributed by atoms with van der Waals surface area (Å²) < 4.78 is 2.37. The predicted molar refractivity (Wildman–Crippen MR) is 126 cm³/mol. The molecule has 0 aliphatic rings. The van der Waals surface area contributed by atoms with Crippen molar-refractivity contribution in [2.24, 2.45) is 0 Å². The van der Waals surface area contributed by atoms with E-state index in [-0.39, 0.29) is 0 Å². The van der Waals surface area contributed by atoms with Gasteiger partial charge in [-0.15, -0.1) is 0 Å². The van der Waals surface area contributed by atoms with Crippen molar-refractivity contribution in [3.63, 3.8) is 0 Å². The number of benzene rings is 1. The van der Waals surface area contributed by atoms with Crippen LogP contribution >= 0.6 is 0 Å². The van der Waals surface area contributed by atoms with Crippen molar-refractivity contribution in [3.05, 3.63) is 53.9 Å². The van der Waals surface area contributed by atoms with Crippen molar-refractivity contribution in [3.8, 4) is 0 Å². The zero-order valence-electron chi connectivity index (χ0n) is 18.4. The molecule has 2 nitrogen and oxygen atoms in total. The molecule has 154 valence electrons. The molecular formula is C26H40N2. The summed E-state index contributed by atoms with van der Waals surface area (Å²) in [5.41, 5.74) is 3.93. The van der Waals surface area contributed by atoms with Crippen LogP contribution in [0.25, 0.3) is 12.2 Å². The Kier molecular flexibility index (Phi) is 10.6. The molecule has 2 rings (SSSR count). The summed E-state index contributed by atoms with van der Waals surface area (Å²) in [6.07, 6.45) is 17.0. The van der Waals surface area contributed by atoms with E-state index in [2.05, 4.69) is 85.0 Å². The minimum Gasteiger partial charge on any atom is -0.372 e. The van der Waals surface area contributed by atoms with Crippen molar-refractivity contribution in [2.45, 2.75) is 78.7 Å². The molecule has 0 N–H and O–H groups in total. The van der Waals surface area contributed by atoms with Crippen LogP contribution in [0.5, 0.6) is 0 Å². The molecule has 1 aromatic heterocycles. The van der Waals surface area contributed by atoms with Crippen molar-refractivity contribution < 1.29 is 0 Å². The lowest BCUT2D eigenvalue weighted by Gasteiger charge is -2.24. The molecule has 1 heterocycles. The summed E-state index contributed by atoms with van der Waals surface area (Å²) in [4.78, 5) is 2.54. The fourth-order valence-electron chi connectivity index (χ4n) is 3.54. The van der Waals surface area contributed by atoms with E-state index in [0.29, 0.717) is 0 Å². The Bertz CT molecular complexity index is 658. The van der Waals surface area contributed by atoms with E-state index in [0.717, 1.165) is 19.6 Å². The first-order valence-electron chi connectivity index (χ1n) is 11.5. The van der Waals surface area contributed by atoms with E-state index < -0.39 is 0 Å². The average Bonchev–Trinajstić information content (AvgIpc) is 3.18. The van der Waals surface area contributed by atoms with E-state index in [1.807, 2.05) is 0 Å². The fraction of sp³-hybridized carbons (Fsp3) is 0.538. The van der Waals surface area contributed by atoms with E-state index in [1.54, 1.807) is 0 Å². The van der Waals surface area contributed by atoms with Crippen LogP contribution < -0.4 is 4.90 Å². The third-order valence-corrected chi connectivity index (χ3v) is 5.39. The molecule has 0 atom stereocenters. The molecule has 2 aromatic rings. The third-order valence-electron chi connectivity index (χ3n) is 5.39. The van der Waals surface area contributed by atoms with Crippen LogP contribution in [-0.2, 0) is 6.54 Å². The van der Waals surface area contributed by atoms with E-state index >= 15 is 0 Å². The van der Waals surface area contributed by atoms with Crippen molar-refractivity contribution >= 4 is 17.8 Å². The zero-order valence-corrected chi connectivity index (χ0v) is 18.4. The second-order valence-corrected chi connectivity index (χ2v) is 7.81. The first kappa shape index (κ1) is 22.3. The van der Waals surface area contributed by atoms with Crippen molar-refractivity contribution in [1.82, 2.24) is 4.57 Å². The van der Waals surface area contributed by atoms with Crippen LogP contribution in [0.15, 0.2) is 42.6 Å². The monoisotopic (exact) mass is 380 g/mol. The normalized spacial score (nSPS) is 11.4. The molecule has 0 amide bonds. The lowest BCUT2D eigenvalue weighted by atomic mass is 10.1. The molecule has 28 heavy (non-hydrogen) atoms. The van der Waals surface area contributed by atoms with Crippen LogP contribution in [0.4, 0.5) is 5.69 Å². The second kappa shape index (κ2) is 13.3. The third kappa shape index (κ3) is 7.58. The highest BCUT2D eigenvalue weighted by atomic mass is 15.1. The maximum Gasteiger partial charge on any atom is 0.0406 e. The van der Waals surface area contributed by atoms with Gasteiger partial charge in [0.2, 0.25) is 0 Å². The molecular weight excluding hydrogens is 340 g/mol. The number of unbranched alkanes of at least 4 members (excludes halogenated alkanes) is 5. The molecule has 0 spiro atoms. The first-order chi connectivity index (χ1) is 13.8. The van der Waals surface area contributed by atoms with Gasteiger partial charge in [0, 0.05) is 37.2 Å². The highest BCUT2D eigenvalue weighted by molar-refractivity contribution is 5.69. The molecule has 0 radical (unpaired) electrons. The Morgan fingerprint density at radius 2 is 1.43 bits per heavy atom. The SMILES string of the molecule is CCCCCCn1cccc1/C=C/c1ccc(N(CCCC)CCCC)cc1. The van der Waals surface area contributed by atoms with Crippen molar-refractivity contribution in [2.75, 3.05) is 18.0 Å². The summed E-state index contributed by atoms with van der Waals surface area (Å²) in [7, 11) is 0. The van der Waals surface area contributed by atoms with Gasteiger partial charge in [-0.2, -0.15) is 0 Å². The fourth-order valence-corrected chi connectivity index (χ4v) is 3.54. The molecule has 0 fully saturated rings. The largest absolute Gasteiger partial charge is 0.372 e. The molecule has 0 aliphatic carbocycles. The van der Waals surface area contributed by atoms with Gasteiger partial charge in [0.25, 0.3) is 0 Å². The quantitative estimate of drug-likeness (QED) is 0.306. The van der Waals surface area contributed by atoms with Crippen LogP contribution in [0.2, 0.25) is 0 Å². The molecule has 0 saturated heterocycles. The standard InChI is InChI=1S/C26H40N2/c1-4-7-10-11-22-28-23-12-13-25(28)17-14-24-15-18-26(19-16-24)27(20-8-5-2)21-9-6-3/h12-19,23H,4-11,20-22H2,1-3H3/b17-14+. The van der Waals surface area contributed by atoms with Crippen LogP contribution in [0.3, 0.4) is 0 Å². The number of aryl methyl sites for hydroxylation is 1. The Morgan fingerprint density at radius 3 is 2.07 bits per heavy atom. The average molecular weight is 381 g/mol. The minimum atomic E-state index is 1.12. The number of hydrogen-bond acceptors (Lipinski definition) is 1. The van der Waals surface area contributed by atoms with Gasteiger partial charge in [-0.3, -0.25) is 0 Å². The number of hydrogen-bond donors (Lipinski definition) is 0. The van der Waals surface area contributed by atoms with Gasteiger partial charge in [-0.05, 0) is 55.2 Å². The molecule has 1 aromatic carbocycles. The molecule has 2 heteroatoms. The molecule has 0 saturated carbocycles. The zero-order chi connectivity index (χ0) is 20.0. The highest BCUT2D eigenvalue weighted by Crippen LogP contribution is 2.19. The van der Waals surface area contributed by atoms with Crippen LogP contribution in [0, 0.1) is 0 Å². The van der Waals surface area contributed by atoms with Crippen LogP contribution in [0.1, 0.15) is 83.4 Å². The summed E-state index contributed by atoms with van der Waals surface area (Å²) in [5, 5.41) is 0. The second-order valence-electron chi connectivity index (χ2n) is 7.81. The minimum absolute atomic E-state index is 1.12. The smallest absolute Gasteiger partial charge is 0.0406 e. The van der Waals surface area contributed by atoms with E-state index in [9.17, 15) is 0 Å². The summed E-state index contributed by atoms with van der Waals surface area (Å²) in [6.45, 7) is 10.3. The van der Waals surface area contributed by atoms with E-state index in [1.165, 1.54) is 68.3 Å². The van der Waals surface area contributed by atoms with Gasteiger partial charge in [-0.1, -0.05) is 71.1 Å². The lowest BCUT2D eigenvalue weighted by molar-refractivity contribution is 0.582. The van der Waals surface area contributed by atoms with Gasteiger partial charge in [0.15, 0.2) is 0 Å². The maximum atomic E-state index is 2.54. The topological polar surface area (TPSA) is 8.17 Å². The number of aromatic nitrogens is 1. The van der Waals surface area contributed by atoms with E-state index in [4.69, 9.17) is 0 Å². The van der Waals surface area contributed by atoms with Gasteiger partial charge in [0.1, 0.15) is 0 Å². The Morgan fingerprint density at radius 1 is 0.750 bits per heavy atom. The predicted octanol–water partition coefficient (Wildman–Crippen LogP) is 7.65. The van der Waals surface area contributed by atoms with Crippen molar-refractivity contribution in [1.29, 1.82) is 0 Å². The van der Waals surface area contributed by atoms with Gasteiger partial charge in [0.05, 0.1) is 0 Å². The Labute approximate surface area is 173 Å². The summed E-state index contributed by atoms with van der Waals surface area (Å²) >= 11 is 0. The first-order valence-corrected chi connectivity index (χ1v) is 11.5. The van der Waals surface area contributed by atoms with Crippen LogP contribution in [-0.4, -0.2) is 17.7 Å². The molecule has 0 unspecified atom stereocenters. The molecule has 0 aliphatic heterocycles. The van der Waals surface area contributed by atoms with Gasteiger partial charge in [-0.25, -0.2) is 0 Å². The Hall–Kier alpha value is -1.96. The number of nitrogens with zero attached hydrogens (tertiary/aromatic N) is 2. The molecule has 0 bridgehead atoms. The van der Waals surface area contributed by atoms with Gasteiger partial charge < -0.3 is 9.47 Å². The number of rotatable bonds is 14. The van der Waals surface area contributed by atoms with Gasteiger partial charge >= 0.3 is 0 Å². The summed E-state index contributed by atoms with van der Waals surface area (Å²) in [6, 6.07) is 13.4. The maximum absolute atomic E-state index is 2.54.